The van der Waals surface area contributed by atoms with Crippen molar-refractivity contribution in [3.8, 4) is 5.88 Å². The second-order valence-corrected chi connectivity index (χ2v) is 9.18. The third-order valence-electron chi connectivity index (χ3n) is 5.93. The maximum atomic E-state index is 12.3. The van der Waals surface area contributed by atoms with Crippen molar-refractivity contribution in [3.63, 3.8) is 0 Å². The van der Waals surface area contributed by atoms with Crippen LogP contribution in [0.1, 0.15) is 84.8 Å². The van der Waals surface area contributed by atoms with Crippen molar-refractivity contribution in [1.29, 1.82) is 0 Å². The van der Waals surface area contributed by atoms with Crippen LogP contribution in [-0.2, 0) is 9.53 Å². The fourth-order valence-electron chi connectivity index (χ4n) is 3.60. The van der Waals surface area contributed by atoms with Gasteiger partial charge >= 0.3 is 5.97 Å². The van der Waals surface area contributed by atoms with Crippen LogP contribution in [0.25, 0.3) is 5.57 Å². The van der Waals surface area contributed by atoms with E-state index < -0.39 is 5.72 Å². The average molecular weight is 425 g/mol. The van der Waals surface area contributed by atoms with Gasteiger partial charge in [-0.1, -0.05) is 45.6 Å². The molecule has 7 heteroatoms. The highest BCUT2D eigenvalue weighted by Crippen LogP contribution is 2.35. The summed E-state index contributed by atoms with van der Waals surface area (Å²) in [5.74, 6) is 0.530. The number of quaternary nitrogens is 1. The van der Waals surface area contributed by atoms with Gasteiger partial charge in [-0.15, -0.1) is 4.37 Å². The number of hydrogen-bond donors (Lipinski definition) is 0. The van der Waals surface area contributed by atoms with Crippen LogP contribution < -0.4 is 4.74 Å². The summed E-state index contributed by atoms with van der Waals surface area (Å²) in [7, 11) is 2.16. The summed E-state index contributed by atoms with van der Waals surface area (Å²) in [6, 6.07) is 0. The summed E-state index contributed by atoms with van der Waals surface area (Å²) >= 11 is 1.20. The molecule has 0 radical (unpaired) electrons. The molecule has 0 aliphatic carbocycles. The van der Waals surface area contributed by atoms with Crippen molar-refractivity contribution in [2.45, 2.75) is 84.8 Å². The molecule has 1 aliphatic rings. The lowest BCUT2D eigenvalue weighted by Gasteiger charge is -2.47. The van der Waals surface area contributed by atoms with Gasteiger partial charge in [0, 0.05) is 32.3 Å². The zero-order valence-electron chi connectivity index (χ0n) is 18.8. The van der Waals surface area contributed by atoms with Crippen LogP contribution in [0.3, 0.4) is 0 Å². The lowest BCUT2D eigenvalue weighted by molar-refractivity contribution is -0.971. The van der Waals surface area contributed by atoms with E-state index in [1.165, 1.54) is 31.0 Å². The lowest BCUT2D eigenvalue weighted by Crippen LogP contribution is -2.62. The van der Waals surface area contributed by atoms with Crippen LogP contribution in [0.15, 0.2) is 6.08 Å². The Hall–Kier alpha value is -1.47. The zero-order valence-corrected chi connectivity index (χ0v) is 19.6. The second-order valence-electron chi connectivity index (χ2n) is 8.65. The molecule has 1 aromatic heterocycles. The Morgan fingerprint density at radius 1 is 1.17 bits per heavy atom. The molecular weight excluding hydrogens is 386 g/mol. The molecule has 2 rings (SSSR count). The molecule has 0 amide bonds. The predicted molar refractivity (Wildman–Crippen MR) is 118 cm³/mol. The summed E-state index contributed by atoms with van der Waals surface area (Å²) in [5.41, 5.74) is 1.38. The van der Waals surface area contributed by atoms with E-state index in [1.54, 1.807) is 0 Å². The number of carbonyl (C=O) groups excluding carboxylic acids is 1. The predicted octanol–water partition coefficient (Wildman–Crippen LogP) is 5.20. The van der Waals surface area contributed by atoms with Crippen LogP contribution in [0, 0.1) is 0 Å². The summed E-state index contributed by atoms with van der Waals surface area (Å²) in [6.07, 6.45) is 10.2. The molecular formula is C22H38N3O3S+. The number of esters is 1. The summed E-state index contributed by atoms with van der Waals surface area (Å²) in [6.45, 7) is 10.7. The first-order chi connectivity index (χ1) is 13.8. The molecule has 0 N–H and O–H groups in total. The molecule has 0 bridgehead atoms. The highest BCUT2D eigenvalue weighted by Gasteiger charge is 2.45. The van der Waals surface area contributed by atoms with Crippen molar-refractivity contribution < 1.29 is 18.8 Å². The minimum atomic E-state index is -0.602. The summed E-state index contributed by atoms with van der Waals surface area (Å²) in [4.78, 5) is 12.3. The van der Waals surface area contributed by atoms with E-state index in [0.29, 0.717) is 23.4 Å². The van der Waals surface area contributed by atoms with Crippen molar-refractivity contribution in [2.75, 3.05) is 26.7 Å². The molecule has 6 nitrogen and oxygen atoms in total. The second kappa shape index (κ2) is 11.1. The molecule has 1 aromatic rings. The minimum Gasteiger partial charge on any atom is -0.475 e. The molecule has 0 saturated heterocycles. The van der Waals surface area contributed by atoms with E-state index in [4.69, 9.17) is 9.47 Å². The van der Waals surface area contributed by atoms with Crippen LogP contribution in [0.5, 0.6) is 5.88 Å². The monoisotopic (exact) mass is 424 g/mol. The smallest absolute Gasteiger partial charge is 0.310 e. The molecule has 2 heterocycles. The Morgan fingerprint density at radius 2 is 1.93 bits per heavy atom. The van der Waals surface area contributed by atoms with Gasteiger partial charge in [0.05, 0.1) is 31.9 Å². The van der Waals surface area contributed by atoms with Gasteiger partial charge in [0.2, 0.25) is 5.72 Å². The first-order valence-electron chi connectivity index (χ1n) is 11.0. The van der Waals surface area contributed by atoms with Gasteiger partial charge < -0.3 is 9.47 Å². The number of likely N-dealkylation sites (N-methyl/N-ethyl adjacent to an activating group) is 1. The third-order valence-corrected chi connectivity index (χ3v) is 6.44. The van der Waals surface area contributed by atoms with Gasteiger partial charge in [0.25, 0.3) is 5.88 Å². The molecule has 0 saturated carbocycles. The average Bonchev–Trinajstić information content (AvgIpc) is 3.14. The molecule has 1 unspecified atom stereocenters. The third kappa shape index (κ3) is 6.51. The number of ether oxygens (including phenoxy) is 2. The van der Waals surface area contributed by atoms with Crippen LogP contribution >= 0.6 is 11.7 Å². The van der Waals surface area contributed by atoms with E-state index in [0.717, 1.165) is 50.0 Å². The van der Waals surface area contributed by atoms with Crippen LogP contribution in [-0.4, -0.2) is 51.7 Å². The maximum Gasteiger partial charge on any atom is 0.310 e. The van der Waals surface area contributed by atoms with Crippen molar-refractivity contribution in [1.82, 2.24) is 8.75 Å². The molecule has 0 spiro atoms. The Balaban J connectivity index is 2.03. The van der Waals surface area contributed by atoms with Crippen LogP contribution in [0.2, 0.25) is 0 Å². The Labute approximate surface area is 180 Å². The van der Waals surface area contributed by atoms with E-state index in [2.05, 4.69) is 35.7 Å². The molecule has 1 atom stereocenters. The van der Waals surface area contributed by atoms with Gasteiger partial charge in [-0.05, 0) is 12.8 Å². The number of hydrogen-bond acceptors (Lipinski definition) is 6. The summed E-state index contributed by atoms with van der Waals surface area (Å²) < 4.78 is 21.4. The highest BCUT2D eigenvalue weighted by atomic mass is 32.1. The van der Waals surface area contributed by atoms with Gasteiger partial charge in [-0.25, -0.2) is 0 Å². The molecule has 0 aromatic carbocycles. The lowest BCUT2D eigenvalue weighted by atomic mass is 10.0. The minimum absolute atomic E-state index is 0.112. The van der Waals surface area contributed by atoms with E-state index in [1.807, 2.05) is 13.8 Å². The van der Waals surface area contributed by atoms with Crippen molar-refractivity contribution in [2.24, 2.45) is 0 Å². The Kier molecular flexibility index (Phi) is 9.08. The fraction of sp³-hybridized carbons (Fsp3) is 0.773. The van der Waals surface area contributed by atoms with Crippen molar-refractivity contribution in [3.05, 3.63) is 11.8 Å². The molecule has 0 fully saturated rings. The van der Waals surface area contributed by atoms with E-state index in [9.17, 15) is 4.79 Å². The van der Waals surface area contributed by atoms with Crippen LogP contribution in [0.4, 0.5) is 0 Å². The number of nitrogens with zero attached hydrogens (tertiary/aromatic N) is 3. The molecule has 29 heavy (non-hydrogen) atoms. The van der Waals surface area contributed by atoms with Gasteiger partial charge in [-0.2, -0.15) is 4.37 Å². The standard InChI is InChI=1S/C22H38N3O3S/c1-6-8-10-11-16-27-21-20(23-29-24-21)18-13-12-15-25(5,17-18)22(3,4)28-19(26)14-9-7-2/h13H,6-12,14-17H2,1-5H3/q+1. The van der Waals surface area contributed by atoms with Gasteiger partial charge in [-0.3, -0.25) is 9.28 Å². The normalized spacial score (nSPS) is 19.7. The molecule has 1 aliphatic heterocycles. The fourth-order valence-corrected chi connectivity index (χ4v) is 4.14. The summed E-state index contributed by atoms with van der Waals surface area (Å²) in [5, 5.41) is 0. The van der Waals surface area contributed by atoms with E-state index in [-0.39, 0.29) is 5.97 Å². The largest absolute Gasteiger partial charge is 0.475 e. The quantitative estimate of drug-likeness (QED) is 0.262. The SMILES string of the molecule is CCCCCCOc1nsnc1C1=CCC[N+](C)(C(C)(C)OC(=O)CCCC)C1. The number of aromatic nitrogens is 2. The zero-order chi connectivity index (χ0) is 21.3. The maximum absolute atomic E-state index is 12.3. The Bertz CT molecular complexity index is 687. The van der Waals surface area contributed by atoms with Crippen molar-refractivity contribution >= 4 is 23.3 Å². The van der Waals surface area contributed by atoms with Gasteiger partial charge in [0.15, 0.2) is 0 Å². The number of unbranched alkanes of at least 4 members (excludes halogenated alkanes) is 4. The molecule has 164 valence electrons. The first-order valence-corrected chi connectivity index (χ1v) is 11.8. The first kappa shape index (κ1) is 23.8. The number of carbonyl (C=O) groups is 1. The van der Waals surface area contributed by atoms with E-state index >= 15 is 0 Å². The topological polar surface area (TPSA) is 61.3 Å². The number of rotatable bonds is 12. The van der Waals surface area contributed by atoms with Gasteiger partial charge in [0.1, 0.15) is 12.2 Å². The highest BCUT2D eigenvalue weighted by molar-refractivity contribution is 6.99. The Morgan fingerprint density at radius 3 is 2.66 bits per heavy atom.